The van der Waals surface area contributed by atoms with Crippen molar-refractivity contribution >= 4 is 22.5 Å². The highest BCUT2D eigenvalue weighted by molar-refractivity contribution is 6.03. The van der Waals surface area contributed by atoms with Gasteiger partial charge in [0.15, 0.2) is 0 Å². The topological polar surface area (TPSA) is 76.2 Å². The largest absolute Gasteiger partial charge is 0.493 e. The number of alkyl halides is 3. The number of carbonyl (C=O) groups is 1. The number of amides is 1. The molecule has 1 aliphatic heterocycles. The third kappa shape index (κ3) is 4.34. The number of benzene rings is 1. The number of anilines is 1. The van der Waals surface area contributed by atoms with Crippen LogP contribution in [0, 0.1) is 5.92 Å². The van der Waals surface area contributed by atoms with Crippen LogP contribution in [-0.2, 0) is 22.1 Å². The Hall–Kier alpha value is -3.07. The van der Waals surface area contributed by atoms with E-state index in [0.29, 0.717) is 36.6 Å². The molecule has 1 amide bonds. The number of aromatic amines is 1. The van der Waals surface area contributed by atoms with E-state index in [1.165, 1.54) is 12.3 Å². The molecule has 1 aromatic carbocycles. The number of carbonyl (C=O) groups excluding carboxylic acids is 1. The van der Waals surface area contributed by atoms with Crippen molar-refractivity contribution in [2.75, 3.05) is 25.1 Å². The molecule has 1 fully saturated rings. The maximum absolute atomic E-state index is 12.6. The Morgan fingerprint density at radius 1 is 1.28 bits per heavy atom. The summed E-state index contributed by atoms with van der Waals surface area (Å²) in [4.78, 5) is 18.7. The molecule has 0 saturated carbocycles. The van der Waals surface area contributed by atoms with Crippen LogP contribution in [0.4, 0.5) is 18.9 Å². The fraction of sp³-hybridized carbons (Fsp3) is 0.300. The summed E-state index contributed by atoms with van der Waals surface area (Å²) >= 11 is 0. The number of fused-ring (bicyclic) bond motifs is 1. The molecule has 29 heavy (non-hydrogen) atoms. The lowest BCUT2D eigenvalue weighted by Crippen LogP contribution is -2.38. The maximum atomic E-state index is 12.6. The lowest BCUT2D eigenvalue weighted by atomic mass is 10.1. The van der Waals surface area contributed by atoms with Gasteiger partial charge in [-0.2, -0.15) is 13.2 Å². The fourth-order valence-electron chi connectivity index (χ4n) is 2.94. The molecule has 1 aliphatic rings. The van der Waals surface area contributed by atoms with Gasteiger partial charge in [0, 0.05) is 29.7 Å². The van der Waals surface area contributed by atoms with E-state index in [9.17, 15) is 18.0 Å². The van der Waals surface area contributed by atoms with Crippen LogP contribution in [0.5, 0.6) is 5.75 Å². The first-order chi connectivity index (χ1) is 13.9. The zero-order valence-electron chi connectivity index (χ0n) is 15.3. The minimum atomic E-state index is -4.44. The van der Waals surface area contributed by atoms with Crippen LogP contribution in [0.2, 0.25) is 0 Å². The highest BCUT2D eigenvalue weighted by atomic mass is 19.4. The number of pyridine rings is 1. The Morgan fingerprint density at radius 2 is 2.10 bits per heavy atom. The molecule has 4 rings (SSSR count). The fourth-order valence-corrected chi connectivity index (χ4v) is 2.94. The summed E-state index contributed by atoms with van der Waals surface area (Å²) in [7, 11) is 0. The molecule has 0 unspecified atom stereocenters. The number of rotatable bonds is 6. The Labute approximate surface area is 164 Å². The van der Waals surface area contributed by atoms with Gasteiger partial charge in [-0.25, -0.2) is 0 Å². The molecule has 0 aliphatic carbocycles. The number of hydrogen-bond acceptors (Lipinski definition) is 4. The Kier molecular flexibility index (Phi) is 5.14. The molecule has 3 aromatic rings. The number of hydrogen-bond donors (Lipinski definition) is 2. The third-order valence-corrected chi connectivity index (χ3v) is 4.69. The number of H-pyrrole nitrogens is 1. The first-order valence-corrected chi connectivity index (χ1v) is 9.05. The van der Waals surface area contributed by atoms with E-state index in [2.05, 4.69) is 15.3 Å². The molecular weight excluding hydrogens is 387 g/mol. The van der Waals surface area contributed by atoms with E-state index in [1.54, 1.807) is 12.3 Å². The highest BCUT2D eigenvalue weighted by Gasteiger charge is 2.32. The van der Waals surface area contributed by atoms with Crippen LogP contribution in [0.1, 0.15) is 11.3 Å². The monoisotopic (exact) mass is 405 g/mol. The second kappa shape index (κ2) is 7.75. The first-order valence-electron chi connectivity index (χ1n) is 9.05. The van der Waals surface area contributed by atoms with Gasteiger partial charge in [0.1, 0.15) is 11.4 Å². The van der Waals surface area contributed by atoms with Crippen LogP contribution in [0.15, 0.2) is 42.7 Å². The molecule has 2 N–H and O–H groups in total. The van der Waals surface area contributed by atoms with Crippen molar-refractivity contribution in [1.29, 1.82) is 0 Å². The van der Waals surface area contributed by atoms with Gasteiger partial charge in [0.2, 0.25) is 5.91 Å². The summed E-state index contributed by atoms with van der Waals surface area (Å²) in [5.41, 5.74) is 1.25. The lowest BCUT2D eigenvalue weighted by molar-refractivity contribution is -0.141. The number of halogens is 3. The highest BCUT2D eigenvalue weighted by Crippen LogP contribution is 2.29. The van der Waals surface area contributed by atoms with E-state index in [0.717, 1.165) is 17.0 Å². The van der Waals surface area contributed by atoms with Gasteiger partial charge in [0.25, 0.3) is 0 Å². The molecule has 0 bridgehead atoms. The lowest BCUT2D eigenvalue weighted by Gasteiger charge is -2.24. The summed E-state index contributed by atoms with van der Waals surface area (Å²) in [5.74, 6) is 0.384. The second-order valence-corrected chi connectivity index (χ2v) is 6.78. The average molecular weight is 405 g/mol. The number of ether oxygens (including phenoxy) is 2. The minimum absolute atomic E-state index is 0.0849. The molecule has 0 spiro atoms. The quantitative estimate of drug-likeness (QED) is 0.654. The van der Waals surface area contributed by atoms with Crippen molar-refractivity contribution in [2.24, 2.45) is 5.92 Å². The van der Waals surface area contributed by atoms with Crippen molar-refractivity contribution in [3.8, 4) is 5.75 Å². The molecule has 2 aromatic heterocycles. The van der Waals surface area contributed by atoms with Crippen LogP contribution >= 0.6 is 0 Å². The number of aromatic nitrogens is 2. The zero-order chi connectivity index (χ0) is 20.4. The zero-order valence-corrected chi connectivity index (χ0v) is 15.3. The summed E-state index contributed by atoms with van der Waals surface area (Å²) in [5, 5.41) is 3.70. The molecule has 1 saturated heterocycles. The normalized spacial score (nSPS) is 14.6. The van der Waals surface area contributed by atoms with E-state index in [4.69, 9.17) is 9.47 Å². The predicted molar refractivity (Wildman–Crippen MR) is 99.7 cm³/mol. The van der Waals surface area contributed by atoms with Crippen LogP contribution in [-0.4, -0.2) is 35.7 Å². The van der Waals surface area contributed by atoms with Gasteiger partial charge in [-0.1, -0.05) is 6.07 Å². The maximum Gasteiger partial charge on any atom is 0.433 e. The second-order valence-electron chi connectivity index (χ2n) is 6.78. The van der Waals surface area contributed by atoms with Crippen molar-refractivity contribution < 1.29 is 27.4 Å². The van der Waals surface area contributed by atoms with E-state index in [1.807, 2.05) is 12.1 Å². The number of nitrogens with one attached hydrogen (secondary N) is 2. The van der Waals surface area contributed by atoms with Crippen molar-refractivity contribution in [2.45, 2.75) is 12.6 Å². The van der Waals surface area contributed by atoms with Crippen LogP contribution in [0.25, 0.3) is 10.9 Å². The summed E-state index contributed by atoms with van der Waals surface area (Å²) in [6.07, 6.45) is -1.10. The molecule has 0 radical (unpaired) electrons. The summed E-state index contributed by atoms with van der Waals surface area (Å²) in [6, 6.07) is 7.79. The molecule has 0 atom stereocenters. The van der Waals surface area contributed by atoms with E-state index < -0.39 is 11.9 Å². The molecular formula is C20H18F3N3O3. The van der Waals surface area contributed by atoms with Crippen molar-refractivity contribution in [3.63, 3.8) is 0 Å². The van der Waals surface area contributed by atoms with Gasteiger partial charge in [-0.05, 0) is 29.8 Å². The first kappa shape index (κ1) is 19.3. The van der Waals surface area contributed by atoms with Crippen LogP contribution < -0.4 is 10.1 Å². The standard InChI is InChI=1S/C20H18F3N3O3/c21-20(22,23)18-4-1-12(8-25-18)5-6-29-14-2-3-16-15(7-14)17(9-24-16)26-19(27)13-10-28-11-13/h1-4,7-9,13,24H,5-6,10-11H2,(H,26,27). The van der Waals surface area contributed by atoms with Crippen molar-refractivity contribution in [1.82, 2.24) is 9.97 Å². The summed E-state index contributed by atoms with van der Waals surface area (Å²) < 4.78 is 48.4. The Balaban J connectivity index is 1.38. The minimum Gasteiger partial charge on any atom is -0.493 e. The van der Waals surface area contributed by atoms with Crippen molar-refractivity contribution in [3.05, 3.63) is 54.0 Å². The molecule has 9 heteroatoms. The average Bonchev–Trinajstić information content (AvgIpc) is 3.02. The van der Waals surface area contributed by atoms with Gasteiger partial charge in [-0.3, -0.25) is 9.78 Å². The Morgan fingerprint density at radius 3 is 2.76 bits per heavy atom. The van der Waals surface area contributed by atoms with Gasteiger partial charge < -0.3 is 19.8 Å². The third-order valence-electron chi connectivity index (χ3n) is 4.69. The predicted octanol–water partition coefficient (Wildman–Crippen LogP) is 3.79. The molecule has 3 heterocycles. The smallest absolute Gasteiger partial charge is 0.433 e. The molecule has 6 nitrogen and oxygen atoms in total. The SMILES string of the molecule is O=C(Nc1c[nH]c2ccc(OCCc3ccc(C(F)(F)F)nc3)cc12)C1COC1. The van der Waals surface area contributed by atoms with Gasteiger partial charge in [0.05, 0.1) is 31.4 Å². The van der Waals surface area contributed by atoms with Gasteiger partial charge in [-0.15, -0.1) is 0 Å². The van der Waals surface area contributed by atoms with E-state index >= 15 is 0 Å². The molecule has 152 valence electrons. The summed E-state index contributed by atoms with van der Waals surface area (Å²) in [6.45, 7) is 1.15. The Bertz CT molecular complexity index is 1010. The van der Waals surface area contributed by atoms with E-state index in [-0.39, 0.29) is 18.4 Å². The van der Waals surface area contributed by atoms with Crippen LogP contribution in [0.3, 0.4) is 0 Å². The number of nitrogens with zero attached hydrogens (tertiary/aromatic N) is 1. The van der Waals surface area contributed by atoms with Gasteiger partial charge >= 0.3 is 6.18 Å².